The zero-order valence-corrected chi connectivity index (χ0v) is 11.5. The maximum Gasteiger partial charge on any atom is 0.326 e. The molecule has 2 unspecified atom stereocenters. The number of rotatable bonds is 2. The normalized spacial score (nSPS) is 22.3. The first-order chi connectivity index (χ1) is 8.97. The number of carbonyl (C=O) groups is 2. The lowest BCUT2D eigenvalue weighted by Crippen LogP contribution is -2.43. The van der Waals surface area contributed by atoms with Gasteiger partial charge >= 0.3 is 12.0 Å². The number of likely N-dealkylation sites (tertiary alicyclic amines) is 1. The number of nitrogens with zero attached hydrogens (tertiary/aromatic N) is 1. The fraction of sp³-hybridized carbons (Fsp3) is 0.333. The smallest absolute Gasteiger partial charge is 0.326 e. The molecule has 1 aromatic carbocycles. The number of amides is 2. The van der Waals surface area contributed by atoms with Gasteiger partial charge in [0.1, 0.15) is 6.04 Å². The molecule has 2 rings (SSSR count). The summed E-state index contributed by atoms with van der Waals surface area (Å²) in [7, 11) is 0. The van der Waals surface area contributed by atoms with Crippen molar-refractivity contribution in [1.29, 1.82) is 0 Å². The van der Waals surface area contributed by atoms with Crippen molar-refractivity contribution in [2.45, 2.75) is 18.6 Å². The highest BCUT2D eigenvalue weighted by molar-refractivity contribution is 9.10. The molecule has 0 radical (unpaired) electrons. The van der Waals surface area contributed by atoms with Gasteiger partial charge in [-0.2, -0.15) is 0 Å². The number of hydrogen-bond donors (Lipinski definition) is 3. The molecule has 7 heteroatoms. The highest BCUT2D eigenvalue weighted by atomic mass is 79.9. The molecule has 1 saturated heterocycles. The molecule has 6 nitrogen and oxygen atoms in total. The quantitative estimate of drug-likeness (QED) is 0.767. The predicted molar refractivity (Wildman–Crippen MR) is 71.9 cm³/mol. The van der Waals surface area contributed by atoms with E-state index in [1.54, 1.807) is 18.2 Å². The Morgan fingerprint density at radius 1 is 1.42 bits per heavy atom. The molecular weight excluding hydrogens is 316 g/mol. The topological polar surface area (TPSA) is 89.9 Å². The molecule has 102 valence electrons. The van der Waals surface area contributed by atoms with Gasteiger partial charge in [-0.25, -0.2) is 9.59 Å². The molecule has 0 aliphatic carbocycles. The summed E-state index contributed by atoms with van der Waals surface area (Å²) in [5, 5.41) is 21.1. The second kappa shape index (κ2) is 5.58. The number of halogens is 1. The summed E-state index contributed by atoms with van der Waals surface area (Å²) in [5.74, 6) is -1.11. The van der Waals surface area contributed by atoms with Crippen LogP contribution in [0.15, 0.2) is 28.7 Å². The number of urea groups is 1. The molecule has 0 bridgehead atoms. The van der Waals surface area contributed by atoms with E-state index < -0.39 is 24.1 Å². The van der Waals surface area contributed by atoms with Gasteiger partial charge in [0.2, 0.25) is 0 Å². The number of aliphatic hydroxyl groups excluding tert-OH is 1. The van der Waals surface area contributed by atoms with Crippen molar-refractivity contribution in [2.24, 2.45) is 0 Å². The average molecular weight is 329 g/mol. The van der Waals surface area contributed by atoms with E-state index in [2.05, 4.69) is 21.2 Å². The van der Waals surface area contributed by atoms with Gasteiger partial charge in [0.05, 0.1) is 6.10 Å². The minimum atomic E-state index is -1.11. The maximum atomic E-state index is 12.0. The number of β-amino-alcohol motifs (C(OH)–C–C–N with tert-alkyl or cyclic N) is 1. The summed E-state index contributed by atoms with van der Waals surface area (Å²) < 4.78 is 0.807. The van der Waals surface area contributed by atoms with Gasteiger partial charge in [0.15, 0.2) is 0 Å². The van der Waals surface area contributed by atoms with Crippen LogP contribution >= 0.6 is 15.9 Å². The van der Waals surface area contributed by atoms with E-state index in [4.69, 9.17) is 5.11 Å². The zero-order valence-electron chi connectivity index (χ0n) is 9.91. The van der Waals surface area contributed by atoms with Crippen molar-refractivity contribution < 1.29 is 19.8 Å². The number of nitrogens with one attached hydrogen (secondary N) is 1. The van der Waals surface area contributed by atoms with E-state index in [0.717, 1.165) is 9.37 Å². The fourth-order valence-electron chi connectivity index (χ4n) is 2.03. The van der Waals surface area contributed by atoms with E-state index in [1.807, 2.05) is 6.07 Å². The Morgan fingerprint density at radius 2 is 2.16 bits per heavy atom. The van der Waals surface area contributed by atoms with Crippen LogP contribution in [0.5, 0.6) is 0 Å². The molecular formula is C12H13BrN2O4. The molecule has 2 atom stereocenters. The van der Waals surface area contributed by atoms with Crippen LogP contribution in [0.2, 0.25) is 0 Å². The Labute approximate surface area is 118 Å². The third kappa shape index (κ3) is 3.24. The monoisotopic (exact) mass is 328 g/mol. The first kappa shape index (κ1) is 13.8. The molecule has 0 saturated carbocycles. The van der Waals surface area contributed by atoms with Crippen LogP contribution in [0.4, 0.5) is 10.5 Å². The average Bonchev–Trinajstić information content (AvgIpc) is 2.71. The number of carbonyl (C=O) groups excluding carboxylic acids is 1. The van der Waals surface area contributed by atoms with Crippen LogP contribution in [0.3, 0.4) is 0 Å². The molecule has 1 aromatic rings. The van der Waals surface area contributed by atoms with Crippen LogP contribution in [0.1, 0.15) is 6.42 Å². The summed E-state index contributed by atoms with van der Waals surface area (Å²) in [5.41, 5.74) is 0.560. The molecule has 19 heavy (non-hydrogen) atoms. The van der Waals surface area contributed by atoms with Gasteiger partial charge in [0, 0.05) is 23.1 Å². The largest absolute Gasteiger partial charge is 0.480 e. The fourth-order valence-corrected chi connectivity index (χ4v) is 2.43. The van der Waals surface area contributed by atoms with Crippen molar-refractivity contribution in [3.63, 3.8) is 0 Å². The van der Waals surface area contributed by atoms with E-state index >= 15 is 0 Å². The van der Waals surface area contributed by atoms with Gasteiger partial charge < -0.3 is 20.4 Å². The Hall–Kier alpha value is -1.60. The van der Waals surface area contributed by atoms with Gasteiger partial charge in [0.25, 0.3) is 0 Å². The SMILES string of the molecule is O=C(O)C1CC(O)CN1C(=O)Nc1cccc(Br)c1. The second-order valence-electron chi connectivity index (χ2n) is 4.34. The van der Waals surface area contributed by atoms with Gasteiger partial charge in [-0.05, 0) is 18.2 Å². The van der Waals surface area contributed by atoms with E-state index in [9.17, 15) is 14.7 Å². The van der Waals surface area contributed by atoms with Gasteiger partial charge in [-0.1, -0.05) is 22.0 Å². The van der Waals surface area contributed by atoms with Crippen LogP contribution in [-0.2, 0) is 4.79 Å². The van der Waals surface area contributed by atoms with Gasteiger partial charge in [-0.15, -0.1) is 0 Å². The molecule has 1 aliphatic heterocycles. The van der Waals surface area contributed by atoms with Crippen molar-refractivity contribution >= 4 is 33.6 Å². The molecule has 0 spiro atoms. The van der Waals surface area contributed by atoms with Crippen LogP contribution < -0.4 is 5.32 Å². The van der Waals surface area contributed by atoms with Crippen molar-refractivity contribution in [3.05, 3.63) is 28.7 Å². The van der Waals surface area contributed by atoms with Crippen molar-refractivity contribution in [2.75, 3.05) is 11.9 Å². The Balaban J connectivity index is 2.09. The van der Waals surface area contributed by atoms with Crippen LogP contribution in [-0.4, -0.2) is 45.8 Å². The highest BCUT2D eigenvalue weighted by Gasteiger charge is 2.38. The number of hydrogen-bond acceptors (Lipinski definition) is 3. The van der Waals surface area contributed by atoms with E-state index in [0.29, 0.717) is 5.69 Å². The molecule has 1 heterocycles. The second-order valence-corrected chi connectivity index (χ2v) is 5.25. The number of anilines is 1. The van der Waals surface area contributed by atoms with Crippen molar-refractivity contribution in [1.82, 2.24) is 4.90 Å². The first-order valence-electron chi connectivity index (χ1n) is 5.71. The third-order valence-electron chi connectivity index (χ3n) is 2.90. The Bertz CT molecular complexity index is 508. The predicted octanol–water partition coefficient (Wildman–Crippen LogP) is 1.50. The molecule has 1 fully saturated rings. The van der Waals surface area contributed by atoms with Crippen molar-refractivity contribution in [3.8, 4) is 0 Å². The standard InChI is InChI=1S/C12H13BrN2O4/c13-7-2-1-3-8(4-7)14-12(19)15-6-9(16)5-10(15)11(17)18/h1-4,9-10,16H,5-6H2,(H,14,19)(H,17,18). The minimum Gasteiger partial charge on any atom is -0.480 e. The third-order valence-corrected chi connectivity index (χ3v) is 3.39. The summed E-state index contributed by atoms with van der Waals surface area (Å²) >= 11 is 3.28. The molecule has 1 aliphatic rings. The lowest BCUT2D eigenvalue weighted by molar-refractivity contribution is -0.141. The molecule has 3 N–H and O–H groups in total. The number of carboxylic acids is 1. The number of carboxylic acid groups (broad SMARTS) is 1. The summed E-state index contributed by atoms with van der Waals surface area (Å²) in [6.07, 6.45) is -0.740. The lowest BCUT2D eigenvalue weighted by atomic mass is 10.2. The summed E-state index contributed by atoms with van der Waals surface area (Å²) in [6, 6.07) is 5.47. The lowest BCUT2D eigenvalue weighted by Gasteiger charge is -2.21. The van der Waals surface area contributed by atoms with E-state index in [-0.39, 0.29) is 13.0 Å². The summed E-state index contributed by atoms with van der Waals surface area (Å²) in [4.78, 5) is 24.2. The number of aliphatic hydroxyl groups is 1. The summed E-state index contributed by atoms with van der Waals surface area (Å²) in [6.45, 7) is 0.0246. The molecule has 0 aromatic heterocycles. The highest BCUT2D eigenvalue weighted by Crippen LogP contribution is 2.21. The molecule has 2 amide bonds. The Morgan fingerprint density at radius 3 is 2.79 bits per heavy atom. The maximum absolute atomic E-state index is 12.0. The van der Waals surface area contributed by atoms with Crippen LogP contribution in [0, 0.1) is 0 Å². The van der Waals surface area contributed by atoms with Crippen LogP contribution in [0.25, 0.3) is 0 Å². The number of aliphatic carboxylic acids is 1. The minimum absolute atomic E-state index is 0.0246. The van der Waals surface area contributed by atoms with E-state index in [1.165, 1.54) is 0 Å². The Kier molecular flexibility index (Phi) is 4.06. The first-order valence-corrected chi connectivity index (χ1v) is 6.50. The zero-order chi connectivity index (χ0) is 14.0. The number of benzene rings is 1. The van der Waals surface area contributed by atoms with Gasteiger partial charge in [-0.3, -0.25) is 0 Å².